The van der Waals surface area contributed by atoms with Gasteiger partial charge in [0.1, 0.15) is 28.8 Å². The summed E-state index contributed by atoms with van der Waals surface area (Å²) in [5, 5.41) is 21.6. The van der Waals surface area contributed by atoms with Gasteiger partial charge in [0.15, 0.2) is 22.3 Å². The molecule has 0 radical (unpaired) electrons. The van der Waals surface area contributed by atoms with Crippen LogP contribution in [0.15, 0.2) is 34.2 Å². The maximum Gasteiger partial charge on any atom is 0.334 e. The molecule has 14 heteroatoms. The number of aromatic nitrogens is 3. The van der Waals surface area contributed by atoms with Crippen molar-refractivity contribution in [2.75, 3.05) is 25.1 Å². The molecule has 0 unspecified atom stereocenters. The molecule has 0 saturated heterocycles. The predicted molar refractivity (Wildman–Crippen MR) is 144 cm³/mol. The summed E-state index contributed by atoms with van der Waals surface area (Å²) in [6, 6.07) is 3.26. The highest BCUT2D eigenvalue weighted by Crippen LogP contribution is 2.43. The quantitative estimate of drug-likeness (QED) is 0.454. The molecule has 41 heavy (non-hydrogen) atoms. The molecule has 214 valence electrons. The first-order chi connectivity index (χ1) is 19.6. The van der Waals surface area contributed by atoms with E-state index in [2.05, 4.69) is 15.2 Å². The van der Waals surface area contributed by atoms with Crippen molar-refractivity contribution in [1.82, 2.24) is 19.8 Å². The van der Waals surface area contributed by atoms with E-state index in [1.165, 1.54) is 16.9 Å². The number of rotatable bonds is 5. The van der Waals surface area contributed by atoms with E-state index in [-0.39, 0.29) is 46.7 Å². The van der Waals surface area contributed by atoms with E-state index in [1.807, 2.05) is 11.9 Å². The summed E-state index contributed by atoms with van der Waals surface area (Å²) in [7, 11) is 1.79. The Bertz CT molecular complexity index is 1660. The molecule has 1 aromatic carbocycles. The average molecular weight is 585 g/mol. The molecule has 1 saturated carbocycles. The highest BCUT2D eigenvalue weighted by atomic mass is 32.1. The minimum absolute atomic E-state index is 0.0193. The first-order valence-corrected chi connectivity index (χ1v) is 14.0. The van der Waals surface area contributed by atoms with Crippen LogP contribution in [0.4, 0.5) is 8.78 Å². The highest BCUT2D eigenvalue weighted by molar-refractivity contribution is 7.14. The molecular formula is C27H26F2N6O5S. The Kier molecular flexibility index (Phi) is 6.59. The van der Waals surface area contributed by atoms with Crippen molar-refractivity contribution in [3.8, 4) is 16.3 Å². The molecule has 0 atom stereocenters. The van der Waals surface area contributed by atoms with E-state index in [0.29, 0.717) is 43.1 Å². The number of ether oxygens (including phenoxy) is 1. The number of cyclic esters (lactones) is 1. The number of esters is 1. The smallest absolute Gasteiger partial charge is 0.334 e. The number of benzene rings is 1. The summed E-state index contributed by atoms with van der Waals surface area (Å²) in [5.74, 6) is -2.55. The molecule has 3 aromatic rings. The van der Waals surface area contributed by atoms with Gasteiger partial charge in [-0.15, -0.1) is 10.2 Å². The number of carbonyl (C=O) groups excluding carboxylic acids is 2. The Hall–Kier alpha value is -4.20. The second kappa shape index (κ2) is 10.0. The van der Waals surface area contributed by atoms with Crippen LogP contribution < -0.4 is 10.4 Å². The van der Waals surface area contributed by atoms with Gasteiger partial charge in [0, 0.05) is 38.2 Å². The zero-order valence-electron chi connectivity index (χ0n) is 22.3. The van der Waals surface area contributed by atoms with Crippen LogP contribution in [-0.4, -0.2) is 68.5 Å². The minimum Gasteiger partial charge on any atom is -0.502 e. The maximum absolute atomic E-state index is 14.2. The van der Waals surface area contributed by atoms with Gasteiger partial charge in [0.05, 0.1) is 5.56 Å². The van der Waals surface area contributed by atoms with E-state index in [4.69, 9.17) is 4.74 Å². The topological polar surface area (TPSA) is 130 Å². The third-order valence-electron chi connectivity index (χ3n) is 8.13. The molecule has 4 heterocycles. The monoisotopic (exact) mass is 584 g/mol. The van der Waals surface area contributed by atoms with Gasteiger partial charge in [-0.25, -0.2) is 18.6 Å². The van der Waals surface area contributed by atoms with E-state index in [1.54, 1.807) is 11.9 Å². The number of halogens is 2. The lowest BCUT2D eigenvalue weighted by atomic mass is 9.79. The fourth-order valence-corrected chi connectivity index (χ4v) is 6.90. The van der Waals surface area contributed by atoms with Crippen LogP contribution in [0.2, 0.25) is 0 Å². The first-order valence-electron chi connectivity index (χ1n) is 13.2. The SMILES string of the molecule is CCN1C(=O)c2c(O)c(=O)c(-c3nnc(Cc4ccc(F)cc4F)s3)cn2N(C)C12CCC(C1=NCC(=O)O1)CC2. The molecule has 6 rings (SSSR count). The summed E-state index contributed by atoms with van der Waals surface area (Å²) >= 11 is 1.04. The van der Waals surface area contributed by atoms with Gasteiger partial charge in [0.2, 0.25) is 5.43 Å². The van der Waals surface area contributed by atoms with Crippen molar-refractivity contribution >= 4 is 29.1 Å². The number of fused-ring (bicyclic) bond motifs is 1. The molecule has 1 spiro atoms. The molecule has 3 aliphatic rings. The van der Waals surface area contributed by atoms with Gasteiger partial charge in [-0.1, -0.05) is 17.4 Å². The lowest BCUT2D eigenvalue weighted by Gasteiger charge is -2.56. The van der Waals surface area contributed by atoms with Crippen LogP contribution >= 0.6 is 11.3 Å². The number of nitrogens with zero attached hydrogens (tertiary/aromatic N) is 6. The predicted octanol–water partition coefficient (Wildman–Crippen LogP) is 2.83. The summed E-state index contributed by atoms with van der Waals surface area (Å²) in [5.41, 5.74) is -1.42. The molecule has 2 aromatic heterocycles. The Labute approximate surface area is 236 Å². The van der Waals surface area contributed by atoms with E-state index in [9.17, 15) is 28.3 Å². The van der Waals surface area contributed by atoms with Crippen molar-refractivity contribution in [1.29, 1.82) is 0 Å². The lowest BCUT2D eigenvalue weighted by molar-refractivity contribution is -0.132. The standard InChI is InChI=1S/C27H26F2N6O5S/c1-3-34-26(39)21-23(38)22(37)17(25-32-31-19(41-25)10-15-4-5-16(28)11-18(15)29)13-35(21)33(2)27(34)8-6-14(7-9-27)24-30-12-20(36)40-24/h4-5,11,13-14,38H,3,6-10,12H2,1-2H3. The molecule has 1 aliphatic carbocycles. The van der Waals surface area contributed by atoms with Crippen LogP contribution in [-0.2, 0) is 16.0 Å². The van der Waals surface area contributed by atoms with Crippen LogP contribution in [0.25, 0.3) is 10.6 Å². The van der Waals surface area contributed by atoms with Crippen molar-refractivity contribution in [3.63, 3.8) is 0 Å². The number of aliphatic imine (C=N–C) groups is 1. The summed E-state index contributed by atoms with van der Waals surface area (Å²) in [6.07, 6.45) is 3.83. The van der Waals surface area contributed by atoms with Crippen LogP contribution in [0.1, 0.15) is 53.7 Å². The second-order valence-electron chi connectivity index (χ2n) is 10.3. The zero-order valence-corrected chi connectivity index (χ0v) is 23.1. The number of aromatic hydroxyl groups is 1. The lowest BCUT2D eigenvalue weighted by Crippen LogP contribution is -2.70. The van der Waals surface area contributed by atoms with Gasteiger partial charge in [-0.05, 0) is 44.2 Å². The van der Waals surface area contributed by atoms with Gasteiger partial charge in [-0.3, -0.25) is 19.3 Å². The second-order valence-corrected chi connectivity index (χ2v) is 11.3. The Morgan fingerprint density at radius 2 is 1.93 bits per heavy atom. The van der Waals surface area contributed by atoms with E-state index >= 15 is 0 Å². The van der Waals surface area contributed by atoms with Gasteiger partial charge < -0.3 is 14.7 Å². The molecule has 1 N–H and O–H groups in total. The van der Waals surface area contributed by atoms with Gasteiger partial charge in [0.25, 0.3) is 5.91 Å². The van der Waals surface area contributed by atoms with Crippen molar-refractivity contribution in [2.45, 2.75) is 44.7 Å². The number of hydrogen-bond acceptors (Lipinski definition) is 10. The number of pyridine rings is 1. The molecular weight excluding hydrogens is 558 g/mol. The van der Waals surface area contributed by atoms with Crippen molar-refractivity contribution < 1.29 is 28.2 Å². The Balaban J connectivity index is 1.34. The van der Waals surface area contributed by atoms with Crippen molar-refractivity contribution in [2.24, 2.45) is 10.9 Å². The van der Waals surface area contributed by atoms with Crippen molar-refractivity contribution in [3.05, 3.63) is 62.5 Å². The average Bonchev–Trinajstić information content (AvgIpc) is 3.60. The largest absolute Gasteiger partial charge is 0.502 e. The van der Waals surface area contributed by atoms with Crippen LogP contribution in [0.5, 0.6) is 5.75 Å². The van der Waals surface area contributed by atoms with E-state index < -0.39 is 34.4 Å². The summed E-state index contributed by atoms with van der Waals surface area (Å²) in [4.78, 5) is 44.4. The first kappa shape index (κ1) is 27.0. The number of carbonyl (C=O) groups is 2. The summed E-state index contributed by atoms with van der Waals surface area (Å²) in [6.45, 7) is 2.21. The molecule has 2 aliphatic heterocycles. The number of amides is 1. The zero-order chi connectivity index (χ0) is 29.1. The van der Waals surface area contributed by atoms with E-state index in [0.717, 1.165) is 23.5 Å². The van der Waals surface area contributed by atoms with Crippen LogP contribution in [0, 0.1) is 17.6 Å². The molecule has 1 fully saturated rings. The molecule has 0 bridgehead atoms. The molecule has 1 amide bonds. The third-order valence-corrected chi connectivity index (χ3v) is 9.09. The highest BCUT2D eigenvalue weighted by Gasteiger charge is 2.52. The van der Waals surface area contributed by atoms with Gasteiger partial charge >= 0.3 is 5.97 Å². The summed E-state index contributed by atoms with van der Waals surface area (Å²) < 4.78 is 34.2. The fraction of sp³-hybridized carbons (Fsp3) is 0.407. The molecule has 11 nitrogen and oxygen atoms in total. The minimum atomic E-state index is -0.773. The third kappa shape index (κ3) is 4.36. The van der Waals surface area contributed by atoms with Gasteiger partial charge in [-0.2, -0.15) is 0 Å². The Morgan fingerprint density at radius 1 is 1.17 bits per heavy atom. The number of hydrogen-bond donors (Lipinski definition) is 1. The van der Waals surface area contributed by atoms with Crippen LogP contribution in [0.3, 0.4) is 0 Å². The Morgan fingerprint density at radius 3 is 2.59 bits per heavy atom. The normalized spacial score (nSPS) is 22.2. The fourth-order valence-electron chi connectivity index (χ4n) is 6.03. The maximum atomic E-state index is 14.2.